The molecule has 0 bridgehead atoms. The van der Waals surface area contributed by atoms with Crippen LogP contribution in [0.5, 0.6) is 0 Å². The Morgan fingerprint density at radius 3 is 2.45 bits per heavy atom. The highest BCUT2D eigenvalue weighted by molar-refractivity contribution is 5.71. The van der Waals surface area contributed by atoms with Crippen molar-refractivity contribution in [3.8, 4) is 6.07 Å². The Hall–Kier alpha value is -3.23. The molecular weight excluding hydrogens is 430 g/mol. The Kier molecular flexibility index (Phi) is 6.76. The van der Waals surface area contributed by atoms with Crippen molar-refractivity contribution in [3.63, 3.8) is 0 Å². The van der Waals surface area contributed by atoms with Gasteiger partial charge in [0.25, 0.3) is 0 Å². The number of nitrogens with zero attached hydrogens (tertiary/aromatic N) is 4. The van der Waals surface area contributed by atoms with E-state index in [9.17, 15) is 20.0 Å². The van der Waals surface area contributed by atoms with Crippen LogP contribution >= 0.6 is 0 Å². The second kappa shape index (κ2) is 9.72. The molecule has 2 aliphatic rings. The number of carbonyl (C=O) groups excluding carboxylic acids is 2. The maximum atomic E-state index is 12.7. The lowest BCUT2D eigenvalue weighted by molar-refractivity contribution is -0.169. The molecule has 176 valence electrons. The van der Waals surface area contributed by atoms with Crippen molar-refractivity contribution < 1.29 is 28.9 Å². The number of carbonyl (C=O) groups is 2. The summed E-state index contributed by atoms with van der Waals surface area (Å²) in [6, 6.07) is 5.29. The average molecular weight is 457 g/mol. The molecule has 0 saturated carbocycles. The summed E-state index contributed by atoms with van der Waals surface area (Å²) in [5.74, 6) is -0.845. The maximum Gasteiger partial charge on any atom is 0.306 e. The summed E-state index contributed by atoms with van der Waals surface area (Å²) in [7, 11) is 0. The Morgan fingerprint density at radius 1 is 1.12 bits per heavy atom. The molecule has 2 aromatic heterocycles. The third-order valence-electron chi connectivity index (χ3n) is 6.15. The molecule has 2 aromatic rings. The summed E-state index contributed by atoms with van der Waals surface area (Å²) in [6.07, 6.45) is 3.02. The number of hydrogen-bond donors (Lipinski definition) is 2. The van der Waals surface area contributed by atoms with Crippen molar-refractivity contribution in [1.82, 2.24) is 14.6 Å². The Morgan fingerprint density at radius 2 is 1.79 bits per heavy atom. The normalized spacial score (nSPS) is 29.5. The topological polar surface area (TPSA) is 162 Å². The van der Waals surface area contributed by atoms with Crippen LogP contribution in [0.4, 0.5) is 5.82 Å². The lowest BCUT2D eigenvalue weighted by Crippen LogP contribution is -2.46. The first-order valence-electron chi connectivity index (χ1n) is 11.2. The number of aliphatic hydroxyl groups is 1. The quantitative estimate of drug-likeness (QED) is 0.630. The van der Waals surface area contributed by atoms with Gasteiger partial charge in [-0.05, 0) is 25.0 Å². The molecule has 2 aliphatic heterocycles. The van der Waals surface area contributed by atoms with E-state index in [0.717, 1.165) is 25.7 Å². The first-order chi connectivity index (χ1) is 16.0. The Balaban J connectivity index is 1.77. The average Bonchev–Trinajstić information content (AvgIpc) is 3.36. The zero-order valence-electron chi connectivity index (χ0n) is 18.2. The summed E-state index contributed by atoms with van der Waals surface area (Å²) >= 11 is 0. The van der Waals surface area contributed by atoms with Crippen LogP contribution in [-0.4, -0.2) is 56.6 Å². The van der Waals surface area contributed by atoms with Crippen molar-refractivity contribution in [2.24, 2.45) is 0 Å². The molecule has 4 atom stereocenters. The first-order valence-corrected chi connectivity index (χ1v) is 11.2. The number of hydrogen-bond acceptors (Lipinski definition) is 10. The van der Waals surface area contributed by atoms with Gasteiger partial charge in [-0.1, -0.05) is 25.7 Å². The minimum Gasteiger partial charge on any atom is -0.455 e. The number of nitriles is 1. The van der Waals surface area contributed by atoms with E-state index in [-0.39, 0.29) is 24.4 Å². The lowest BCUT2D eigenvalue weighted by Gasteiger charge is -2.28. The fourth-order valence-corrected chi connectivity index (χ4v) is 4.47. The number of nitrogens with two attached hydrogens (primary N) is 1. The SMILES string of the molecule is N#C[C@@]1(c2ccc3c(N)ncnn23)O[C@H](CO)[C@H]2OC(=O)CCCCCCCCC(=O)O[C@H]21. The molecule has 2 saturated heterocycles. The van der Waals surface area contributed by atoms with Crippen molar-refractivity contribution in [3.05, 3.63) is 24.2 Å². The third kappa shape index (κ3) is 4.36. The fraction of sp³-hybridized carbons (Fsp3) is 0.591. The highest BCUT2D eigenvalue weighted by atomic mass is 16.6. The van der Waals surface area contributed by atoms with Gasteiger partial charge in [-0.15, -0.1) is 0 Å². The number of fused-ring (bicyclic) bond motifs is 2. The molecule has 0 radical (unpaired) electrons. The van der Waals surface area contributed by atoms with Gasteiger partial charge in [0.1, 0.15) is 24.0 Å². The van der Waals surface area contributed by atoms with Crippen molar-refractivity contribution >= 4 is 23.3 Å². The molecule has 0 aromatic carbocycles. The molecule has 11 heteroatoms. The summed E-state index contributed by atoms with van der Waals surface area (Å²) in [4.78, 5) is 29.2. The number of aromatic nitrogens is 3. The van der Waals surface area contributed by atoms with Crippen LogP contribution in [0.1, 0.15) is 57.1 Å². The van der Waals surface area contributed by atoms with Gasteiger partial charge in [0, 0.05) is 12.8 Å². The van der Waals surface area contributed by atoms with E-state index < -0.39 is 42.5 Å². The molecule has 4 heterocycles. The Bertz CT molecular complexity index is 1070. The van der Waals surface area contributed by atoms with E-state index in [0.29, 0.717) is 18.4 Å². The molecule has 33 heavy (non-hydrogen) atoms. The zero-order chi connectivity index (χ0) is 23.4. The molecule has 4 rings (SSSR count). The second-order valence-corrected chi connectivity index (χ2v) is 8.33. The van der Waals surface area contributed by atoms with Gasteiger partial charge < -0.3 is 25.1 Å². The van der Waals surface area contributed by atoms with Crippen LogP contribution in [0.15, 0.2) is 18.5 Å². The van der Waals surface area contributed by atoms with Gasteiger partial charge in [0.05, 0.1) is 12.3 Å². The van der Waals surface area contributed by atoms with Gasteiger partial charge in [0.2, 0.25) is 5.60 Å². The van der Waals surface area contributed by atoms with Crippen LogP contribution in [0.25, 0.3) is 5.52 Å². The standard InChI is InChI=1S/C22H27N5O6/c23-12-22(16-10-9-14-21(24)25-13-26-27(14)16)20-19(15(11-28)33-22)31-17(29)7-5-3-1-2-4-6-8-18(30)32-20/h9-10,13,15,19-20,28H,1-8,11H2,(H2,24,25,26)/t15-,19-,20-,22+/m1/s1. The second-order valence-electron chi connectivity index (χ2n) is 8.33. The fourth-order valence-electron chi connectivity index (χ4n) is 4.47. The van der Waals surface area contributed by atoms with Gasteiger partial charge in [-0.3, -0.25) is 9.59 Å². The number of nitrogen functional groups attached to an aromatic ring is 1. The number of rotatable bonds is 2. The van der Waals surface area contributed by atoms with Crippen molar-refractivity contribution in [2.45, 2.75) is 75.3 Å². The smallest absolute Gasteiger partial charge is 0.306 e. The summed E-state index contributed by atoms with van der Waals surface area (Å²) in [5, 5.41) is 24.5. The first kappa shape index (κ1) is 22.9. The van der Waals surface area contributed by atoms with Crippen LogP contribution < -0.4 is 5.73 Å². The summed E-state index contributed by atoms with van der Waals surface area (Å²) in [5.41, 5.74) is 4.70. The van der Waals surface area contributed by atoms with E-state index >= 15 is 0 Å². The van der Waals surface area contributed by atoms with E-state index in [1.807, 2.05) is 0 Å². The van der Waals surface area contributed by atoms with Crippen LogP contribution in [0.2, 0.25) is 0 Å². The summed E-state index contributed by atoms with van der Waals surface area (Å²) < 4.78 is 18.8. The van der Waals surface area contributed by atoms with Crippen LogP contribution in [0.3, 0.4) is 0 Å². The highest BCUT2D eigenvalue weighted by Gasteiger charge is 2.62. The van der Waals surface area contributed by atoms with Crippen LogP contribution in [-0.2, 0) is 29.4 Å². The minimum absolute atomic E-state index is 0.159. The predicted molar refractivity (Wildman–Crippen MR) is 113 cm³/mol. The van der Waals surface area contributed by atoms with E-state index in [4.69, 9.17) is 19.9 Å². The Labute approximate surface area is 190 Å². The largest absolute Gasteiger partial charge is 0.455 e. The third-order valence-corrected chi connectivity index (χ3v) is 6.15. The number of esters is 2. The van der Waals surface area contributed by atoms with Gasteiger partial charge in [-0.25, -0.2) is 9.50 Å². The molecule has 3 N–H and O–H groups in total. The molecular formula is C22H27N5O6. The monoisotopic (exact) mass is 457 g/mol. The minimum atomic E-state index is -1.89. The lowest BCUT2D eigenvalue weighted by atomic mass is 9.92. The predicted octanol–water partition coefficient (Wildman–Crippen LogP) is 1.38. The maximum absolute atomic E-state index is 12.7. The summed E-state index contributed by atoms with van der Waals surface area (Å²) in [6.45, 7) is -0.546. The highest BCUT2D eigenvalue weighted by Crippen LogP contribution is 2.43. The zero-order valence-corrected chi connectivity index (χ0v) is 18.2. The van der Waals surface area contributed by atoms with Crippen molar-refractivity contribution in [2.75, 3.05) is 12.3 Å². The molecule has 2 fully saturated rings. The number of aliphatic hydroxyl groups excluding tert-OH is 1. The number of anilines is 1. The molecule has 0 spiro atoms. The molecule has 0 unspecified atom stereocenters. The number of ether oxygens (including phenoxy) is 3. The van der Waals surface area contributed by atoms with Gasteiger partial charge in [0.15, 0.2) is 18.0 Å². The van der Waals surface area contributed by atoms with Crippen molar-refractivity contribution in [1.29, 1.82) is 5.26 Å². The van der Waals surface area contributed by atoms with Crippen LogP contribution in [0, 0.1) is 11.3 Å². The van der Waals surface area contributed by atoms with E-state index in [2.05, 4.69) is 16.2 Å². The van der Waals surface area contributed by atoms with Gasteiger partial charge in [-0.2, -0.15) is 10.4 Å². The molecule has 0 aliphatic carbocycles. The van der Waals surface area contributed by atoms with E-state index in [1.54, 1.807) is 12.1 Å². The molecule has 0 amide bonds. The molecule has 11 nitrogen and oxygen atoms in total. The van der Waals surface area contributed by atoms with Gasteiger partial charge >= 0.3 is 11.9 Å². The van der Waals surface area contributed by atoms with E-state index in [1.165, 1.54) is 10.8 Å².